The zero-order valence-electron chi connectivity index (χ0n) is 15.2. The number of methoxy groups -OCH3 is 1. The Kier molecular flexibility index (Phi) is 6.49. The summed E-state index contributed by atoms with van der Waals surface area (Å²) in [6.45, 7) is 8.00. The summed E-state index contributed by atoms with van der Waals surface area (Å²) in [7, 11) is 1.62. The van der Waals surface area contributed by atoms with E-state index in [0.29, 0.717) is 31.1 Å². The van der Waals surface area contributed by atoms with Crippen LogP contribution in [0.2, 0.25) is 0 Å². The summed E-state index contributed by atoms with van der Waals surface area (Å²) in [6.07, 6.45) is 2.82. The fraction of sp³-hybridized carbons (Fsp3) is 0.632. The number of carbonyl (C=O) groups excluding carboxylic acids is 1. The molecule has 0 saturated carbocycles. The molecular formula is C19H29NO4. The average molecular weight is 335 g/mol. The first-order valence-electron chi connectivity index (χ1n) is 8.55. The third-order valence-electron chi connectivity index (χ3n) is 3.86. The number of carbonyl (C=O) groups is 1. The van der Waals surface area contributed by atoms with Gasteiger partial charge in [-0.15, -0.1) is 0 Å². The van der Waals surface area contributed by atoms with Gasteiger partial charge in [0.25, 0.3) is 0 Å². The minimum absolute atomic E-state index is 0.0121. The van der Waals surface area contributed by atoms with Crippen LogP contribution < -0.4 is 14.8 Å². The van der Waals surface area contributed by atoms with Gasteiger partial charge in [0.2, 0.25) is 5.91 Å². The van der Waals surface area contributed by atoms with E-state index in [1.165, 1.54) is 0 Å². The number of amides is 1. The second-order valence-electron chi connectivity index (χ2n) is 7.45. The maximum absolute atomic E-state index is 11.9. The van der Waals surface area contributed by atoms with Crippen molar-refractivity contribution in [3.05, 3.63) is 23.8 Å². The zero-order valence-corrected chi connectivity index (χ0v) is 15.2. The Morgan fingerprint density at radius 2 is 2.12 bits per heavy atom. The van der Waals surface area contributed by atoms with Gasteiger partial charge in [0.05, 0.1) is 13.2 Å². The second-order valence-corrected chi connectivity index (χ2v) is 7.45. The van der Waals surface area contributed by atoms with Gasteiger partial charge in [-0.05, 0) is 36.0 Å². The van der Waals surface area contributed by atoms with Crippen LogP contribution in [0.5, 0.6) is 11.5 Å². The van der Waals surface area contributed by atoms with Crippen molar-refractivity contribution in [3.8, 4) is 11.5 Å². The highest BCUT2D eigenvalue weighted by Gasteiger charge is 2.18. The van der Waals surface area contributed by atoms with Crippen LogP contribution in [0.25, 0.3) is 0 Å². The molecule has 5 heteroatoms. The van der Waals surface area contributed by atoms with Gasteiger partial charge in [-0.25, -0.2) is 0 Å². The fourth-order valence-electron chi connectivity index (χ4n) is 2.64. The van der Waals surface area contributed by atoms with Crippen LogP contribution in [0.15, 0.2) is 18.2 Å². The summed E-state index contributed by atoms with van der Waals surface area (Å²) < 4.78 is 16.8. The van der Waals surface area contributed by atoms with Crippen LogP contribution in [-0.4, -0.2) is 32.3 Å². The van der Waals surface area contributed by atoms with Gasteiger partial charge in [-0.2, -0.15) is 0 Å². The van der Waals surface area contributed by atoms with Crippen LogP contribution >= 0.6 is 0 Å². The summed E-state index contributed by atoms with van der Waals surface area (Å²) in [4.78, 5) is 11.9. The molecule has 0 spiro atoms. The Bertz CT molecular complexity index is 545. The topological polar surface area (TPSA) is 56.8 Å². The summed E-state index contributed by atoms with van der Waals surface area (Å²) >= 11 is 0. The first-order chi connectivity index (χ1) is 11.4. The highest BCUT2D eigenvalue weighted by atomic mass is 16.5. The predicted octanol–water partition coefficient (Wildman–Crippen LogP) is 3.31. The molecule has 24 heavy (non-hydrogen) atoms. The van der Waals surface area contributed by atoms with Crippen LogP contribution in [0.4, 0.5) is 0 Å². The highest BCUT2D eigenvalue weighted by molar-refractivity contribution is 5.76. The Balaban J connectivity index is 1.89. The molecule has 1 amide bonds. The molecule has 1 saturated heterocycles. The van der Waals surface area contributed by atoms with Gasteiger partial charge in [0, 0.05) is 19.6 Å². The summed E-state index contributed by atoms with van der Waals surface area (Å²) in [6, 6.07) is 5.74. The Morgan fingerprint density at radius 3 is 2.75 bits per heavy atom. The molecule has 0 unspecified atom stereocenters. The van der Waals surface area contributed by atoms with E-state index in [1.807, 2.05) is 18.2 Å². The molecule has 1 aliphatic heterocycles. The van der Waals surface area contributed by atoms with E-state index >= 15 is 0 Å². The molecule has 0 aliphatic carbocycles. The summed E-state index contributed by atoms with van der Waals surface area (Å²) in [5.74, 6) is 1.44. The standard InChI is InChI=1S/C19H29NO4/c1-19(2,3)11-18(21)20-12-14-7-8-16(17(10-14)22-4)24-13-15-6-5-9-23-15/h7-8,10,15H,5-6,9,11-13H2,1-4H3,(H,20,21)/t15-/m1/s1. The number of benzene rings is 1. The molecule has 0 bridgehead atoms. The molecular weight excluding hydrogens is 306 g/mol. The van der Waals surface area contributed by atoms with Gasteiger partial charge in [0.1, 0.15) is 6.61 Å². The van der Waals surface area contributed by atoms with Crippen molar-refractivity contribution in [2.24, 2.45) is 5.41 Å². The normalized spacial score (nSPS) is 17.6. The van der Waals surface area contributed by atoms with Gasteiger partial charge in [0.15, 0.2) is 11.5 Å². The molecule has 2 rings (SSSR count). The quantitative estimate of drug-likeness (QED) is 0.830. The average Bonchev–Trinajstić information content (AvgIpc) is 3.03. The largest absolute Gasteiger partial charge is 0.493 e. The maximum Gasteiger partial charge on any atom is 0.220 e. The molecule has 1 N–H and O–H groups in total. The molecule has 1 aliphatic rings. The minimum Gasteiger partial charge on any atom is -0.493 e. The monoisotopic (exact) mass is 335 g/mol. The van der Waals surface area contributed by atoms with E-state index in [4.69, 9.17) is 14.2 Å². The third-order valence-corrected chi connectivity index (χ3v) is 3.86. The van der Waals surface area contributed by atoms with E-state index < -0.39 is 0 Å². The first kappa shape index (κ1) is 18.6. The molecule has 1 fully saturated rings. The van der Waals surface area contributed by atoms with E-state index in [0.717, 1.165) is 25.0 Å². The van der Waals surface area contributed by atoms with Gasteiger partial charge >= 0.3 is 0 Å². The van der Waals surface area contributed by atoms with Crippen molar-refractivity contribution in [1.82, 2.24) is 5.32 Å². The Labute approximate surface area is 144 Å². The SMILES string of the molecule is COc1cc(CNC(=O)CC(C)(C)C)ccc1OC[C@H]1CCCO1. The highest BCUT2D eigenvalue weighted by Crippen LogP contribution is 2.29. The van der Waals surface area contributed by atoms with Crippen molar-refractivity contribution in [2.45, 2.75) is 52.7 Å². The molecule has 1 heterocycles. The summed E-state index contributed by atoms with van der Waals surface area (Å²) in [5.41, 5.74) is 0.973. The lowest BCUT2D eigenvalue weighted by molar-refractivity contribution is -0.122. The zero-order chi connectivity index (χ0) is 17.6. The molecule has 1 aromatic rings. The van der Waals surface area contributed by atoms with Crippen LogP contribution in [0.1, 0.15) is 45.6 Å². The number of hydrogen-bond acceptors (Lipinski definition) is 4. The molecule has 5 nitrogen and oxygen atoms in total. The van der Waals surface area contributed by atoms with E-state index in [2.05, 4.69) is 26.1 Å². The number of nitrogens with one attached hydrogen (secondary N) is 1. The van der Waals surface area contributed by atoms with Crippen LogP contribution in [0.3, 0.4) is 0 Å². The lowest BCUT2D eigenvalue weighted by Crippen LogP contribution is -2.27. The predicted molar refractivity (Wildman–Crippen MR) is 93.4 cm³/mol. The maximum atomic E-state index is 11.9. The van der Waals surface area contributed by atoms with Crippen LogP contribution in [0, 0.1) is 5.41 Å². The van der Waals surface area contributed by atoms with Crippen molar-refractivity contribution in [3.63, 3.8) is 0 Å². The Morgan fingerprint density at radius 1 is 1.33 bits per heavy atom. The minimum atomic E-state index is -0.0121. The van der Waals surface area contributed by atoms with Crippen molar-refractivity contribution in [2.75, 3.05) is 20.3 Å². The lowest BCUT2D eigenvalue weighted by atomic mass is 9.92. The van der Waals surface area contributed by atoms with E-state index in [1.54, 1.807) is 7.11 Å². The van der Waals surface area contributed by atoms with E-state index in [9.17, 15) is 4.79 Å². The molecule has 0 aromatic heterocycles. The van der Waals surface area contributed by atoms with Crippen molar-refractivity contribution >= 4 is 5.91 Å². The third kappa shape index (κ3) is 6.04. The number of ether oxygens (including phenoxy) is 3. The van der Waals surface area contributed by atoms with Gasteiger partial charge in [-0.3, -0.25) is 4.79 Å². The summed E-state index contributed by atoms with van der Waals surface area (Å²) in [5, 5.41) is 2.95. The van der Waals surface area contributed by atoms with Gasteiger partial charge in [-0.1, -0.05) is 26.8 Å². The fourth-order valence-corrected chi connectivity index (χ4v) is 2.64. The molecule has 1 atom stereocenters. The Hall–Kier alpha value is -1.75. The van der Waals surface area contributed by atoms with Crippen LogP contribution in [-0.2, 0) is 16.1 Å². The second kappa shape index (κ2) is 8.38. The number of hydrogen-bond donors (Lipinski definition) is 1. The van der Waals surface area contributed by atoms with Gasteiger partial charge < -0.3 is 19.5 Å². The molecule has 134 valence electrons. The number of rotatable bonds is 7. The lowest BCUT2D eigenvalue weighted by Gasteiger charge is -2.18. The van der Waals surface area contributed by atoms with E-state index in [-0.39, 0.29) is 17.4 Å². The van der Waals surface area contributed by atoms with Crippen molar-refractivity contribution < 1.29 is 19.0 Å². The molecule has 0 radical (unpaired) electrons. The smallest absolute Gasteiger partial charge is 0.220 e. The first-order valence-corrected chi connectivity index (χ1v) is 8.55. The molecule has 1 aromatic carbocycles. The van der Waals surface area contributed by atoms with Crippen molar-refractivity contribution in [1.29, 1.82) is 0 Å².